The molecule has 3 aromatic carbocycles. The average molecular weight is 720 g/mol. The molecule has 1 heterocycles. The Kier molecular flexibility index (Phi) is 8.61. The third-order valence-electron chi connectivity index (χ3n) is 13.1. The zero-order chi connectivity index (χ0) is 37.5. The Labute approximate surface area is 310 Å². The van der Waals surface area contributed by atoms with Crippen molar-refractivity contribution in [3.05, 3.63) is 101 Å². The standard InChI is InChI=1S/C44H49NO8/c1-41(2,3)53-40(50)45-34-11-7-9-30-27(8-6-10-31(30)34)20-25-12-14-26(15-13-25)39-51-37-22-33-32-17-16-28-21-29(47)18-19-42(28,4)38(32)35(48)23-43(33,5)44(37,52-39)36(49)24-46/h6-15,18-19,21,32-33,35,37-39,46,48H,16-17,20,22-24H2,1-5H3,(H,45,50)/t32-,33-,35-,37+,38+,39+,42-,43-,44+/m0/s1. The molecule has 0 aromatic heterocycles. The molecule has 0 bridgehead atoms. The minimum Gasteiger partial charge on any atom is -0.444 e. The van der Waals surface area contributed by atoms with Crippen molar-refractivity contribution in [2.75, 3.05) is 11.9 Å². The van der Waals surface area contributed by atoms with E-state index in [1.807, 2.05) is 88.4 Å². The molecule has 4 fully saturated rings. The number of aliphatic hydroxyl groups excluding tert-OH is 2. The number of nitrogens with one attached hydrogen (secondary N) is 1. The molecule has 4 aliphatic carbocycles. The van der Waals surface area contributed by atoms with Gasteiger partial charge >= 0.3 is 6.09 Å². The van der Waals surface area contributed by atoms with E-state index in [0.717, 1.165) is 45.9 Å². The first-order chi connectivity index (χ1) is 25.2. The number of hydrogen-bond acceptors (Lipinski definition) is 8. The number of carbonyl (C=O) groups excluding carboxylic acids is 3. The van der Waals surface area contributed by atoms with Gasteiger partial charge in [0, 0.05) is 27.7 Å². The summed E-state index contributed by atoms with van der Waals surface area (Å²) in [6.07, 6.45) is 5.88. The van der Waals surface area contributed by atoms with Crippen LogP contribution in [0.25, 0.3) is 10.8 Å². The highest BCUT2D eigenvalue weighted by Gasteiger charge is 2.75. The molecule has 5 aliphatic rings. The number of aliphatic hydroxyl groups is 2. The fourth-order valence-corrected chi connectivity index (χ4v) is 10.9. The van der Waals surface area contributed by atoms with Gasteiger partial charge in [0.25, 0.3) is 0 Å². The lowest BCUT2D eigenvalue weighted by atomic mass is 9.46. The smallest absolute Gasteiger partial charge is 0.412 e. The number of allylic oxidation sites excluding steroid dienone is 4. The molecular weight excluding hydrogens is 670 g/mol. The second-order valence-electron chi connectivity index (χ2n) is 17.2. The van der Waals surface area contributed by atoms with Crippen molar-refractivity contribution in [1.82, 2.24) is 0 Å². The van der Waals surface area contributed by atoms with Crippen LogP contribution in [-0.4, -0.2) is 57.9 Å². The van der Waals surface area contributed by atoms with Crippen LogP contribution in [0.15, 0.2) is 84.5 Å². The Morgan fingerprint density at radius 3 is 2.49 bits per heavy atom. The van der Waals surface area contributed by atoms with Crippen molar-refractivity contribution in [3.8, 4) is 0 Å². The number of amides is 1. The van der Waals surface area contributed by atoms with Crippen molar-refractivity contribution in [2.45, 2.75) is 96.4 Å². The van der Waals surface area contributed by atoms with Gasteiger partial charge in [0.2, 0.25) is 0 Å². The molecule has 1 saturated heterocycles. The second kappa shape index (κ2) is 12.7. The lowest BCUT2D eigenvalue weighted by molar-refractivity contribution is -0.201. The molecule has 9 heteroatoms. The summed E-state index contributed by atoms with van der Waals surface area (Å²) in [7, 11) is 0. The number of ether oxygens (including phenoxy) is 3. The summed E-state index contributed by atoms with van der Waals surface area (Å²) >= 11 is 0. The molecule has 0 unspecified atom stereocenters. The maximum absolute atomic E-state index is 13.9. The highest BCUT2D eigenvalue weighted by Crippen LogP contribution is 2.70. The van der Waals surface area contributed by atoms with Crippen molar-refractivity contribution in [3.63, 3.8) is 0 Å². The van der Waals surface area contributed by atoms with Crippen LogP contribution in [0.4, 0.5) is 10.5 Å². The Morgan fingerprint density at radius 1 is 1.02 bits per heavy atom. The fourth-order valence-electron chi connectivity index (χ4n) is 10.9. The molecule has 0 spiro atoms. The summed E-state index contributed by atoms with van der Waals surface area (Å²) in [6.45, 7) is 9.00. The molecule has 3 saturated carbocycles. The minimum absolute atomic E-state index is 0.00771. The van der Waals surface area contributed by atoms with E-state index < -0.39 is 59.0 Å². The number of rotatable bonds is 6. The normalized spacial score (nSPS) is 34.5. The van der Waals surface area contributed by atoms with E-state index in [4.69, 9.17) is 14.2 Å². The van der Waals surface area contributed by atoms with Gasteiger partial charge in [-0.15, -0.1) is 0 Å². The van der Waals surface area contributed by atoms with E-state index in [1.165, 1.54) is 0 Å². The Morgan fingerprint density at radius 2 is 1.75 bits per heavy atom. The Balaban J connectivity index is 1.03. The number of benzene rings is 3. The molecule has 0 radical (unpaired) electrons. The lowest BCUT2D eigenvalue weighted by Crippen LogP contribution is -2.63. The maximum atomic E-state index is 13.9. The number of Topliss-reactive ketones (excluding diaryl/α,β-unsaturated/α-hetero) is 1. The van der Waals surface area contributed by atoms with Crippen molar-refractivity contribution >= 4 is 34.1 Å². The summed E-state index contributed by atoms with van der Waals surface area (Å²) in [5.74, 6) is -0.375. The largest absolute Gasteiger partial charge is 0.444 e. The number of hydrogen-bond donors (Lipinski definition) is 3. The number of anilines is 1. The Hall–Kier alpha value is -4.15. The van der Waals surface area contributed by atoms with Gasteiger partial charge < -0.3 is 24.4 Å². The molecule has 9 atom stereocenters. The third-order valence-corrected chi connectivity index (χ3v) is 13.1. The van der Waals surface area contributed by atoms with Crippen LogP contribution in [0.5, 0.6) is 0 Å². The topological polar surface area (TPSA) is 131 Å². The van der Waals surface area contributed by atoms with Crippen molar-refractivity contribution < 1.29 is 38.8 Å². The quantitative estimate of drug-likeness (QED) is 0.241. The number of ketones is 2. The summed E-state index contributed by atoms with van der Waals surface area (Å²) in [5, 5.41) is 27.1. The monoisotopic (exact) mass is 719 g/mol. The second-order valence-corrected chi connectivity index (χ2v) is 17.2. The van der Waals surface area contributed by atoms with Gasteiger partial charge in [0.05, 0.1) is 17.9 Å². The zero-order valence-electron chi connectivity index (χ0n) is 31.1. The summed E-state index contributed by atoms with van der Waals surface area (Å²) in [5.41, 5.74) is 1.50. The van der Waals surface area contributed by atoms with E-state index in [9.17, 15) is 24.6 Å². The number of carbonyl (C=O) groups is 3. The van der Waals surface area contributed by atoms with E-state index in [0.29, 0.717) is 24.9 Å². The first-order valence-corrected chi connectivity index (χ1v) is 18.9. The van der Waals surface area contributed by atoms with Crippen LogP contribution in [0.1, 0.15) is 83.3 Å². The average Bonchev–Trinajstić information content (AvgIpc) is 3.61. The SMILES string of the molecule is CC(C)(C)OC(=O)Nc1cccc2c(Cc3ccc([C@@H]4O[C@@H]5C[C@H]6[C@@H]7CCC8=CC(=O)C=C[C@]8(C)[C@H]7[C@@H](O)C[C@]6(C)[C@]5(C(=O)CO)O4)cc3)cccc12. The zero-order valence-corrected chi connectivity index (χ0v) is 31.1. The third kappa shape index (κ3) is 5.70. The fraction of sp³-hybridized carbons (Fsp3) is 0.477. The van der Waals surface area contributed by atoms with Crippen LogP contribution in [0.3, 0.4) is 0 Å². The van der Waals surface area contributed by atoms with Crippen molar-refractivity contribution in [1.29, 1.82) is 0 Å². The highest BCUT2D eigenvalue weighted by molar-refractivity contribution is 6.02. The van der Waals surface area contributed by atoms with Crippen LogP contribution < -0.4 is 5.32 Å². The van der Waals surface area contributed by atoms with Gasteiger partial charge in [-0.1, -0.05) is 80.1 Å². The van der Waals surface area contributed by atoms with Gasteiger partial charge in [-0.2, -0.15) is 0 Å². The van der Waals surface area contributed by atoms with E-state index >= 15 is 0 Å². The molecule has 9 nitrogen and oxygen atoms in total. The summed E-state index contributed by atoms with van der Waals surface area (Å²) in [4.78, 5) is 38.7. The van der Waals surface area contributed by atoms with Gasteiger partial charge in [-0.05, 0) is 99.4 Å². The first kappa shape index (κ1) is 35.9. The van der Waals surface area contributed by atoms with Gasteiger partial charge in [-0.25, -0.2) is 4.79 Å². The molecule has 278 valence electrons. The molecular formula is C44H49NO8. The highest BCUT2D eigenvalue weighted by atomic mass is 16.7. The van der Waals surface area contributed by atoms with E-state index in [-0.39, 0.29) is 23.5 Å². The number of fused-ring (bicyclic) bond motifs is 8. The summed E-state index contributed by atoms with van der Waals surface area (Å²) < 4.78 is 18.9. The van der Waals surface area contributed by atoms with Crippen LogP contribution >= 0.6 is 0 Å². The van der Waals surface area contributed by atoms with Crippen LogP contribution in [-0.2, 0) is 30.2 Å². The van der Waals surface area contributed by atoms with Gasteiger partial charge in [0.1, 0.15) is 12.2 Å². The first-order valence-electron chi connectivity index (χ1n) is 18.9. The molecule has 3 aromatic rings. The van der Waals surface area contributed by atoms with Gasteiger partial charge in [-0.3, -0.25) is 14.9 Å². The predicted molar refractivity (Wildman–Crippen MR) is 200 cm³/mol. The van der Waals surface area contributed by atoms with Crippen LogP contribution in [0, 0.1) is 28.6 Å². The molecule has 1 aliphatic heterocycles. The Bertz CT molecular complexity index is 2050. The van der Waals surface area contributed by atoms with E-state index in [1.54, 1.807) is 12.2 Å². The maximum Gasteiger partial charge on any atom is 0.412 e. The molecule has 1 amide bonds. The van der Waals surface area contributed by atoms with Crippen LogP contribution in [0.2, 0.25) is 0 Å². The van der Waals surface area contributed by atoms with Gasteiger partial charge in [0.15, 0.2) is 23.5 Å². The predicted octanol–water partition coefficient (Wildman–Crippen LogP) is 7.38. The van der Waals surface area contributed by atoms with Crippen molar-refractivity contribution in [2.24, 2.45) is 28.6 Å². The lowest BCUT2D eigenvalue weighted by Gasteiger charge is -2.59. The van der Waals surface area contributed by atoms with E-state index in [2.05, 4.69) is 18.3 Å². The molecule has 3 N–H and O–H groups in total. The molecule has 8 rings (SSSR count). The summed E-state index contributed by atoms with van der Waals surface area (Å²) in [6, 6.07) is 19.9. The molecule has 53 heavy (non-hydrogen) atoms. The minimum atomic E-state index is -1.40.